The number of hydrogen-bond donors (Lipinski definition) is 4. The maximum atomic E-state index is 11.7. The van der Waals surface area contributed by atoms with Crippen molar-refractivity contribution >= 4 is 5.78 Å². The van der Waals surface area contributed by atoms with Crippen LogP contribution in [-0.2, 0) is 0 Å². The third-order valence-electron chi connectivity index (χ3n) is 2.49. The summed E-state index contributed by atoms with van der Waals surface area (Å²) < 4.78 is 0. The van der Waals surface area contributed by atoms with E-state index in [0.29, 0.717) is 0 Å². The lowest BCUT2D eigenvalue weighted by Gasteiger charge is -2.23. The van der Waals surface area contributed by atoms with Gasteiger partial charge < -0.3 is 20.4 Å². The third-order valence-corrected chi connectivity index (χ3v) is 2.49. The summed E-state index contributed by atoms with van der Waals surface area (Å²) in [5.74, 6) is -0.696. The number of aliphatic hydroxyl groups excluding tert-OH is 4. The van der Waals surface area contributed by atoms with Crippen LogP contribution in [0.4, 0.5) is 0 Å². The van der Waals surface area contributed by atoms with Crippen LogP contribution in [0.15, 0.2) is 30.3 Å². The highest BCUT2D eigenvalue weighted by atomic mass is 16.4. The van der Waals surface area contributed by atoms with Crippen LogP contribution in [0.2, 0.25) is 0 Å². The first-order valence-electron chi connectivity index (χ1n) is 5.26. The molecule has 0 aliphatic heterocycles. The lowest BCUT2D eigenvalue weighted by atomic mass is 9.97. The highest BCUT2D eigenvalue weighted by molar-refractivity contribution is 5.99. The second-order valence-corrected chi connectivity index (χ2v) is 3.90. The molecule has 1 aromatic rings. The fraction of sp³-hybridized carbons (Fsp3) is 0.417. The molecule has 1 rings (SSSR count). The fourth-order valence-corrected chi connectivity index (χ4v) is 1.40. The van der Waals surface area contributed by atoms with Crippen LogP contribution < -0.4 is 0 Å². The van der Waals surface area contributed by atoms with E-state index in [2.05, 4.69) is 0 Å². The zero-order valence-corrected chi connectivity index (χ0v) is 9.39. The molecule has 4 atom stereocenters. The van der Waals surface area contributed by atoms with Gasteiger partial charge in [-0.1, -0.05) is 30.3 Å². The molecule has 94 valence electrons. The quantitative estimate of drug-likeness (QED) is 0.512. The number of hydrogen-bond acceptors (Lipinski definition) is 5. The van der Waals surface area contributed by atoms with Crippen molar-refractivity contribution in [1.82, 2.24) is 0 Å². The minimum atomic E-state index is -1.76. The Balaban J connectivity index is 2.77. The summed E-state index contributed by atoms with van der Waals surface area (Å²) in [4.78, 5) is 11.7. The van der Waals surface area contributed by atoms with E-state index in [1.54, 1.807) is 18.2 Å². The van der Waals surface area contributed by atoms with E-state index < -0.39 is 30.2 Å². The summed E-state index contributed by atoms with van der Waals surface area (Å²) in [6.07, 6.45) is -6.29. The predicted molar refractivity (Wildman–Crippen MR) is 60.5 cm³/mol. The molecule has 0 aromatic heterocycles. The Morgan fingerprint density at radius 3 is 2.00 bits per heavy atom. The number of carbonyl (C=O) groups is 1. The molecule has 17 heavy (non-hydrogen) atoms. The summed E-state index contributed by atoms with van der Waals surface area (Å²) in [6, 6.07) is 7.94. The van der Waals surface area contributed by atoms with Gasteiger partial charge in [-0.2, -0.15) is 0 Å². The Morgan fingerprint density at radius 2 is 1.53 bits per heavy atom. The molecule has 0 spiro atoms. The number of ketones is 1. The lowest BCUT2D eigenvalue weighted by molar-refractivity contribution is -0.0893. The van der Waals surface area contributed by atoms with Crippen molar-refractivity contribution in [2.45, 2.75) is 31.3 Å². The van der Waals surface area contributed by atoms with E-state index in [1.165, 1.54) is 19.1 Å². The molecule has 0 radical (unpaired) electrons. The summed E-state index contributed by atoms with van der Waals surface area (Å²) in [7, 11) is 0. The molecule has 0 saturated carbocycles. The van der Waals surface area contributed by atoms with Crippen molar-refractivity contribution in [3.05, 3.63) is 35.9 Å². The van der Waals surface area contributed by atoms with Gasteiger partial charge in [0.25, 0.3) is 0 Å². The highest BCUT2D eigenvalue weighted by Crippen LogP contribution is 2.10. The van der Waals surface area contributed by atoms with Crippen molar-refractivity contribution in [2.75, 3.05) is 0 Å². The molecular formula is C12H16O5. The van der Waals surface area contributed by atoms with Gasteiger partial charge in [0, 0.05) is 5.56 Å². The van der Waals surface area contributed by atoms with E-state index in [9.17, 15) is 20.1 Å². The first-order valence-corrected chi connectivity index (χ1v) is 5.26. The molecule has 0 aliphatic carbocycles. The Kier molecular flexibility index (Phi) is 4.77. The molecule has 5 nitrogen and oxygen atoms in total. The van der Waals surface area contributed by atoms with Gasteiger partial charge in [0.15, 0.2) is 5.78 Å². The summed E-state index contributed by atoms with van der Waals surface area (Å²) in [5.41, 5.74) is 0.233. The molecule has 0 aliphatic rings. The zero-order valence-electron chi connectivity index (χ0n) is 9.39. The van der Waals surface area contributed by atoms with E-state index in [0.717, 1.165) is 0 Å². The lowest BCUT2D eigenvalue weighted by Crippen LogP contribution is -2.46. The van der Waals surface area contributed by atoms with Gasteiger partial charge in [-0.05, 0) is 6.92 Å². The second-order valence-electron chi connectivity index (χ2n) is 3.90. The Bertz CT molecular complexity index is 362. The van der Waals surface area contributed by atoms with E-state index in [1.807, 2.05) is 0 Å². The first-order chi connectivity index (χ1) is 7.95. The maximum absolute atomic E-state index is 11.7. The zero-order chi connectivity index (χ0) is 13.0. The van der Waals surface area contributed by atoms with Gasteiger partial charge in [0.1, 0.15) is 18.3 Å². The van der Waals surface area contributed by atoms with Gasteiger partial charge in [-0.3, -0.25) is 4.79 Å². The van der Waals surface area contributed by atoms with Crippen LogP contribution in [0.1, 0.15) is 17.3 Å². The van der Waals surface area contributed by atoms with Crippen LogP contribution in [0.25, 0.3) is 0 Å². The van der Waals surface area contributed by atoms with Crippen LogP contribution in [-0.4, -0.2) is 50.6 Å². The monoisotopic (exact) mass is 240 g/mol. The summed E-state index contributed by atoms with van der Waals surface area (Å²) in [6.45, 7) is 1.26. The molecule has 0 unspecified atom stereocenters. The van der Waals surface area contributed by atoms with Crippen molar-refractivity contribution in [1.29, 1.82) is 0 Å². The van der Waals surface area contributed by atoms with Gasteiger partial charge in [-0.25, -0.2) is 0 Å². The van der Waals surface area contributed by atoms with E-state index >= 15 is 0 Å². The van der Waals surface area contributed by atoms with Gasteiger partial charge >= 0.3 is 0 Å². The minimum Gasteiger partial charge on any atom is -0.391 e. The standard InChI is InChI=1S/C12H16O5/c1-7(13)9(14)11(16)12(17)10(15)8-5-3-2-4-6-8/h2-7,9,11-14,16-17H,1H3/t7-,9-,11+,12-/m1/s1. The number of rotatable bonds is 5. The minimum absolute atomic E-state index is 0.233. The fourth-order valence-electron chi connectivity index (χ4n) is 1.40. The number of Topliss-reactive ketones (excluding diaryl/α,β-unsaturated/α-hetero) is 1. The van der Waals surface area contributed by atoms with Gasteiger partial charge in [0.2, 0.25) is 0 Å². The molecule has 1 aromatic carbocycles. The molecule has 0 bridgehead atoms. The SMILES string of the molecule is C[C@@H](O)[C@@H](O)[C@H](O)[C@H](O)C(=O)c1ccccc1. The van der Waals surface area contributed by atoms with Gasteiger partial charge in [-0.15, -0.1) is 0 Å². The molecule has 0 amide bonds. The first kappa shape index (κ1) is 13.8. The largest absolute Gasteiger partial charge is 0.391 e. The topological polar surface area (TPSA) is 98.0 Å². The normalized spacial score (nSPS) is 18.2. The Hall–Kier alpha value is -1.27. The Labute approximate surface area is 99.0 Å². The van der Waals surface area contributed by atoms with E-state index in [-0.39, 0.29) is 5.56 Å². The third kappa shape index (κ3) is 3.34. The number of aliphatic hydroxyl groups is 4. The maximum Gasteiger partial charge on any atom is 0.194 e. The smallest absolute Gasteiger partial charge is 0.194 e. The molecule has 5 heteroatoms. The predicted octanol–water partition coefficient (Wildman–Crippen LogP) is -0.667. The average molecular weight is 240 g/mol. The molecule has 0 heterocycles. The van der Waals surface area contributed by atoms with Crippen LogP contribution in [0.5, 0.6) is 0 Å². The molecule has 4 N–H and O–H groups in total. The van der Waals surface area contributed by atoms with Crippen LogP contribution in [0, 0.1) is 0 Å². The van der Waals surface area contributed by atoms with Crippen molar-refractivity contribution in [2.24, 2.45) is 0 Å². The molecule has 0 saturated heterocycles. The summed E-state index contributed by atoms with van der Waals surface area (Å²) >= 11 is 0. The Morgan fingerprint density at radius 1 is 1.00 bits per heavy atom. The molecule has 0 fully saturated rings. The molecular weight excluding hydrogens is 224 g/mol. The number of carbonyl (C=O) groups excluding carboxylic acids is 1. The van der Waals surface area contributed by atoms with Gasteiger partial charge in [0.05, 0.1) is 6.10 Å². The summed E-state index contributed by atoms with van der Waals surface area (Å²) in [5, 5.41) is 37.5. The van der Waals surface area contributed by atoms with Crippen molar-refractivity contribution in [3.8, 4) is 0 Å². The van der Waals surface area contributed by atoms with E-state index in [4.69, 9.17) is 5.11 Å². The van der Waals surface area contributed by atoms with Crippen molar-refractivity contribution in [3.63, 3.8) is 0 Å². The number of benzene rings is 1. The average Bonchev–Trinajstić information content (AvgIpc) is 2.36. The highest BCUT2D eigenvalue weighted by Gasteiger charge is 2.32. The second kappa shape index (κ2) is 5.88. The van der Waals surface area contributed by atoms with Crippen molar-refractivity contribution < 1.29 is 25.2 Å². The van der Waals surface area contributed by atoms with Crippen LogP contribution >= 0.6 is 0 Å². The van der Waals surface area contributed by atoms with Crippen LogP contribution in [0.3, 0.4) is 0 Å².